The minimum absolute atomic E-state index is 0.0438. The lowest BCUT2D eigenvalue weighted by molar-refractivity contribution is -0.274. The Morgan fingerprint density at radius 1 is 1.03 bits per heavy atom. The standard InChI is InChI=1S/C26H24F3N3O5/c1-3-31-14-4-5-21(24(31)34)32-15-20(16-6-10-18(36-2)11-7-16)22(25(32)35)30-23(33)17-8-12-19(13-9-17)37-26(27,28)29/h4-14,20,22H,3,15H2,1-2H3,(H,30,33)/t20-,22?/m0/s1. The number of halogens is 3. The van der Waals surface area contributed by atoms with E-state index in [0.717, 1.165) is 17.7 Å². The molecule has 1 N–H and O–H groups in total. The monoisotopic (exact) mass is 515 g/mol. The molecule has 0 radical (unpaired) electrons. The Morgan fingerprint density at radius 3 is 2.27 bits per heavy atom. The molecule has 37 heavy (non-hydrogen) atoms. The van der Waals surface area contributed by atoms with Gasteiger partial charge in [0.25, 0.3) is 11.5 Å². The first-order valence-electron chi connectivity index (χ1n) is 11.4. The highest BCUT2D eigenvalue weighted by Gasteiger charge is 2.43. The van der Waals surface area contributed by atoms with Crippen molar-refractivity contribution in [2.45, 2.75) is 31.8 Å². The molecule has 1 saturated heterocycles. The van der Waals surface area contributed by atoms with E-state index in [-0.39, 0.29) is 23.4 Å². The fourth-order valence-electron chi connectivity index (χ4n) is 4.27. The Kier molecular flexibility index (Phi) is 7.23. The Bertz CT molecular complexity index is 1340. The zero-order valence-electron chi connectivity index (χ0n) is 20.0. The number of ether oxygens (including phenoxy) is 2. The summed E-state index contributed by atoms with van der Waals surface area (Å²) in [5, 5.41) is 2.70. The summed E-state index contributed by atoms with van der Waals surface area (Å²) in [5.74, 6) is -1.50. The van der Waals surface area contributed by atoms with E-state index >= 15 is 0 Å². The molecule has 2 heterocycles. The van der Waals surface area contributed by atoms with E-state index in [1.54, 1.807) is 42.6 Å². The average molecular weight is 515 g/mol. The number of hydrogen-bond donors (Lipinski definition) is 1. The van der Waals surface area contributed by atoms with Crippen LogP contribution < -0.4 is 25.2 Å². The van der Waals surface area contributed by atoms with Gasteiger partial charge in [-0.3, -0.25) is 14.4 Å². The van der Waals surface area contributed by atoms with Gasteiger partial charge < -0.3 is 24.3 Å². The van der Waals surface area contributed by atoms with Gasteiger partial charge in [-0.15, -0.1) is 13.2 Å². The molecule has 0 saturated carbocycles. The number of aromatic nitrogens is 1. The first kappa shape index (κ1) is 25.8. The van der Waals surface area contributed by atoms with Gasteiger partial charge in [0, 0.05) is 30.8 Å². The number of carbonyl (C=O) groups is 2. The number of hydrogen-bond acceptors (Lipinski definition) is 5. The van der Waals surface area contributed by atoms with Crippen LogP contribution in [0.5, 0.6) is 11.5 Å². The van der Waals surface area contributed by atoms with Crippen molar-refractivity contribution in [3.8, 4) is 11.5 Å². The Morgan fingerprint density at radius 2 is 1.68 bits per heavy atom. The zero-order valence-corrected chi connectivity index (χ0v) is 20.0. The number of nitrogens with zero attached hydrogens (tertiary/aromatic N) is 2. The van der Waals surface area contributed by atoms with Crippen LogP contribution in [-0.4, -0.2) is 42.4 Å². The van der Waals surface area contributed by atoms with Crippen LogP contribution in [0, 0.1) is 0 Å². The van der Waals surface area contributed by atoms with E-state index in [9.17, 15) is 27.6 Å². The van der Waals surface area contributed by atoms with E-state index in [1.807, 2.05) is 6.92 Å². The molecule has 3 aromatic rings. The van der Waals surface area contributed by atoms with Gasteiger partial charge in [-0.1, -0.05) is 12.1 Å². The molecule has 2 amide bonds. The smallest absolute Gasteiger partial charge is 0.497 e. The zero-order chi connectivity index (χ0) is 26.7. The number of aryl methyl sites for hydroxylation is 1. The topological polar surface area (TPSA) is 89.9 Å². The summed E-state index contributed by atoms with van der Waals surface area (Å²) in [4.78, 5) is 40.8. The predicted molar refractivity (Wildman–Crippen MR) is 129 cm³/mol. The number of nitrogens with one attached hydrogen (secondary N) is 1. The van der Waals surface area contributed by atoms with Crippen molar-refractivity contribution < 1.29 is 32.2 Å². The number of methoxy groups -OCH3 is 1. The van der Waals surface area contributed by atoms with E-state index in [1.165, 1.54) is 28.7 Å². The lowest BCUT2D eigenvalue weighted by atomic mass is 9.93. The van der Waals surface area contributed by atoms with E-state index in [2.05, 4.69) is 10.1 Å². The first-order valence-corrected chi connectivity index (χ1v) is 11.4. The predicted octanol–water partition coefficient (Wildman–Crippen LogP) is 3.70. The number of alkyl halides is 3. The molecule has 1 unspecified atom stereocenters. The van der Waals surface area contributed by atoms with Crippen LogP contribution in [0.25, 0.3) is 0 Å². The van der Waals surface area contributed by atoms with Crippen molar-refractivity contribution in [1.82, 2.24) is 9.88 Å². The summed E-state index contributed by atoms with van der Waals surface area (Å²) >= 11 is 0. The van der Waals surface area contributed by atoms with Crippen molar-refractivity contribution in [3.63, 3.8) is 0 Å². The SMILES string of the molecule is CCn1cccc(N2C[C@@H](c3ccc(OC)cc3)C(NC(=O)c3ccc(OC(F)(F)F)cc3)C2=O)c1=O. The minimum atomic E-state index is -4.86. The van der Waals surface area contributed by atoms with Crippen molar-refractivity contribution in [3.05, 3.63) is 88.3 Å². The van der Waals surface area contributed by atoms with Crippen LogP contribution in [0.2, 0.25) is 0 Å². The molecule has 4 rings (SSSR count). The number of anilines is 1. The van der Waals surface area contributed by atoms with Crippen LogP contribution in [0.1, 0.15) is 28.8 Å². The van der Waals surface area contributed by atoms with Gasteiger partial charge in [0.2, 0.25) is 5.91 Å². The number of carbonyl (C=O) groups excluding carboxylic acids is 2. The summed E-state index contributed by atoms with van der Waals surface area (Å²) in [7, 11) is 1.53. The van der Waals surface area contributed by atoms with Gasteiger partial charge >= 0.3 is 6.36 Å². The number of pyridine rings is 1. The van der Waals surface area contributed by atoms with Gasteiger partial charge in [-0.25, -0.2) is 0 Å². The third-order valence-electron chi connectivity index (χ3n) is 6.13. The minimum Gasteiger partial charge on any atom is -0.497 e. The van der Waals surface area contributed by atoms with Crippen molar-refractivity contribution in [1.29, 1.82) is 0 Å². The Hall–Kier alpha value is -4.28. The Labute approximate surface area is 210 Å². The van der Waals surface area contributed by atoms with Crippen LogP contribution >= 0.6 is 0 Å². The van der Waals surface area contributed by atoms with Crippen molar-refractivity contribution in [2.75, 3.05) is 18.6 Å². The lowest BCUT2D eigenvalue weighted by Gasteiger charge is -2.19. The maximum absolute atomic E-state index is 13.5. The van der Waals surface area contributed by atoms with Gasteiger partial charge in [-0.05, 0) is 61.0 Å². The molecule has 0 bridgehead atoms. The van der Waals surface area contributed by atoms with Gasteiger partial charge in [0.1, 0.15) is 23.2 Å². The van der Waals surface area contributed by atoms with Gasteiger partial charge in [0.05, 0.1) is 7.11 Å². The van der Waals surface area contributed by atoms with Crippen LogP contribution in [0.15, 0.2) is 71.7 Å². The Balaban J connectivity index is 1.64. The van der Waals surface area contributed by atoms with Gasteiger partial charge in [0.15, 0.2) is 0 Å². The highest BCUT2D eigenvalue weighted by molar-refractivity contribution is 6.05. The molecular formula is C26H24F3N3O5. The summed E-state index contributed by atoms with van der Waals surface area (Å²) in [6, 6.07) is 13.6. The molecule has 1 aliphatic heterocycles. The largest absolute Gasteiger partial charge is 0.573 e. The lowest BCUT2D eigenvalue weighted by Crippen LogP contribution is -2.44. The van der Waals surface area contributed by atoms with Crippen LogP contribution in [-0.2, 0) is 11.3 Å². The fraction of sp³-hybridized carbons (Fsp3) is 0.269. The van der Waals surface area contributed by atoms with Crippen LogP contribution in [0.3, 0.4) is 0 Å². The summed E-state index contributed by atoms with van der Waals surface area (Å²) in [6.07, 6.45) is -3.23. The number of benzene rings is 2. The third-order valence-corrected chi connectivity index (χ3v) is 6.13. The number of rotatable bonds is 7. The molecule has 8 nitrogen and oxygen atoms in total. The molecule has 2 atom stereocenters. The molecular weight excluding hydrogens is 491 g/mol. The van der Waals surface area contributed by atoms with E-state index in [4.69, 9.17) is 4.74 Å². The molecule has 1 aromatic heterocycles. The van der Waals surface area contributed by atoms with E-state index < -0.39 is 35.9 Å². The summed E-state index contributed by atoms with van der Waals surface area (Å²) in [6.45, 7) is 2.37. The normalized spacial score (nSPS) is 17.5. The second-order valence-electron chi connectivity index (χ2n) is 8.34. The summed E-state index contributed by atoms with van der Waals surface area (Å²) in [5.41, 5.74) is 0.641. The van der Waals surface area contributed by atoms with Gasteiger partial charge in [-0.2, -0.15) is 0 Å². The third kappa shape index (κ3) is 5.60. The first-order chi connectivity index (χ1) is 17.6. The molecule has 11 heteroatoms. The van der Waals surface area contributed by atoms with Crippen molar-refractivity contribution in [2.24, 2.45) is 0 Å². The highest BCUT2D eigenvalue weighted by atomic mass is 19.4. The second-order valence-corrected chi connectivity index (χ2v) is 8.34. The molecule has 1 fully saturated rings. The van der Waals surface area contributed by atoms with E-state index in [0.29, 0.717) is 12.3 Å². The number of amides is 2. The summed E-state index contributed by atoms with van der Waals surface area (Å²) < 4.78 is 47.8. The molecule has 2 aromatic carbocycles. The maximum atomic E-state index is 13.5. The fourth-order valence-corrected chi connectivity index (χ4v) is 4.27. The van der Waals surface area contributed by atoms with Crippen molar-refractivity contribution >= 4 is 17.5 Å². The molecule has 194 valence electrons. The quantitative estimate of drug-likeness (QED) is 0.518. The average Bonchev–Trinajstić information content (AvgIpc) is 3.19. The highest BCUT2D eigenvalue weighted by Crippen LogP contribution is 2.32. The second kappa shape index (κ2) is 10.4. The molecule has 0 spiro atoms. The maximum Gasteiger partial charge on any atom is 0.573 e. The van der Waals surface area contributed by atoms with Crippen LogP contribution in [0.4, 0.5) is 18.9 Å². The molecule has 0 aliphatic carbocycles. The molecule has 1 aliphatic rings.